The van der Waals surface area contributed by atoms with E-state index in [9.17, 15) is 4.79 Å². The molecule has 0 bridgehead atoms. The molecule has 1 aromatic heterocycles. The van der Waals surface area contributed by atoms with Gasteiger partial charge in [-0.3, -0.25) is 0 Å². The van der Waals surface area contributed by atoms with Crippen LogP contribution in [0.1, 0.15) is 31.9 Å². The van der Waals surface area contributed by atoms with Gasteiger partial charge in [0.25, 0.3) is 0 Å². The summed E-state index contributed by atoms with van der Waals surface area (Å²) in [7, 11) is 1.62. The van der Waals surface area contributed by atoms with E-state index < -0.39 is 6.09 Å². The zero-order valence-electron chi connectivity index (χ0n) is 12.4. The molecule has 0 aromatic carbocycles. The fraction of sp³-hybridized carbons (Fsp3) is 0.643. The Morgan fingerprint density at radius 2 is 2.33 bits per heavy atom. The molecule has 0 aliphatic carbocycles. The van der Waals surface area contributed by atoms with E-state index >= 15 is 0 Å². The lowest BCUT2D eigenvalue weighted by atomic mass is 10.0. The first kappa shape index (κ1) is 15.8. The summed E-state index contributed by atoms with van der Waals surface area (Å²) >= 11 is 6.00. The van der Waals surface area contributed by atoms with E-state index in [2.05, 4.69) is 21.8 Å². The highest BCUT2D eigenvalue weighted by molar-refractivity contribution is 6.28. The lowest BCUT2D eigenvalue weighted by Crippen LogP contribution is -2.48. The second-order valence-electron chi connectivity index (χ2n) is 5.37. The highest BCUT2D eigenvalue weighted by atomic mass is 35.5. The summed E-state index contributed by atoms with van der Waals surface area (Å²) in [6.45, 7) is 3.60. The Bertz CT molecular complexity index is 512. The third-order valence-electron chi connectivity index (χ3n) is 3.81. The monoisotopic (exact) mass is 312 g/mol. The molecule has 0 radical (unpaired) electrons. The number of likely N-dealkylation sites (N-methyl/N-ethyl adjacent to an activating group) is 1. The van der Waals surface area contributed by atoms with E-state index in [1.807, 2.05) is 6.07 Å². The van der Waals surface area contributed by atoms with E-state index in [0.717, 1.165) is 43.7 Å². The number of halogens is 1. The number of carboxylic acid groups (broad SMARTS) is 1. The van der Waals surface area contributed by atoms with Gasteiger partial charge in [0.2, 0.25) is 5.28 Å². The molecule has 2 heterocycles. The van der Waals surface area contributed by atoms with Gasteiger partial charge in [-0.15, -0.1) is 0 Å². The molecule has 6 nitrogen and oxygen atoms in total. The maximum atomic E-state index is 11.1. The predicted molar refractivity (Wildman–Crippen MR) is 82.1 cm³/mol. The molecule has 1 aromatic rings. The third-order valence-corrected chi connectivity index (χ3v) is 3.98. The van der Waals surface area contributed by atoms with Crippen LogP contribution in [0.3, 0.4) is 0 Å². The molecule has 1 aliphatic heterocycles. The maximum Gasteiger partial charge on any atom is 0.407 e. The predicted octanol–water partition coefficient (Wildman–Crippen LogP) is 2.66. The highest BCUT2D eigenvalue weighted by Crippen LogP contribution is 2.22. The first-order valence-electron chi connectivity index (χ1n) is 7.25. The van der Waals surface area contributed by atoms with E-state index in [1.165, 1.54) is 4.90 Å². The summed E-state index contributed by atoms with van der Waals surface area (Å²) in [5.41, 5.74) is 0.932. The minimum atomic E-state index is -0.894. The van der Waals surface area contributed by atoms with Crippen molar-refractivity contribution in [3.05, 3.63) is 17.0 Å². The quantitative estimate of drug-likeness (QED) is 0.866. The van der Waals surface area contributed by atoms with Gasteiger partial charge in [0.15, 0.2) is 0 Å². The normalized spacial score (nSPS) is 18.6. The summed E-state index contributed by atoms with van der Waals surface area (Å²) in [5, 5.41) is 9.36. The molecule has 1 amide bonds. The zero-order chi connectivity index (χ0) is 15.4. The molecule has 1 atom stereocenters. The first-order chi connectivity index (χ1) is 10.0. The summed E-state index contributed by atoms with van der Waals surface area (Å²) in [5.74, 6) is 0.793. The topological polar surface area (TPSA) is 69.6 Å². The largest absolute Gasteiger partial charge is 0.465 e. The molecular weight excluding hydrogens is 292 g/mol. The second-order valence-corrected chi connectivity index (χ2v) is 5.71. The molecule has 7 heteroatoms. The van der Waals surface area contributed by atoms with E-state index in [4.69, 9.17) is 16.7 Å². The van der Waals surface area contributed by atoms with Crippen LogP contribution in [-0.4, -0.2) is 52.2 Å². The number of amides is 1. The number of carbonyl (C=O) groups is 1. The Kier molecular flexibility index (Phi) is 5.22. The van der Waals surface area contributed by atoms with Crippen LogP contribution in [0.25, 0.3) is 0 Å². The Labute approximate surface area is 129 Å². The van der Waals surface area contributed by atoms with Crippen LogP contribution in [0.5, 0.6) is 0 Å². The first-order valence-corrected chi connectivity index (χ1v) is 7.63. The molecule has 1 N–H and O–H groups in total. The van der Waals surface area contributed by atoms with Gasteiger partial charge in [-0.1, -0.05) is 13.3 Å². The Morgan fingerprint density at radius 3 is 3.00 bits per heavy atom. The Morgan fingerprint density at radius 1 is 1.57 bits per heavy atom. The summed E-state index contributed by atoms with van der Waals surface area (Å²) < 4.78 is 0. The highest BCUT2D eigenvalue weighted by Gasteiger charge is 2.26. The third kappa shape index (κ3) is 3.97. The molecule has 21 heavy (non-hydrogen) atoms. The van der Waals surface area contributed by atoms with Crippen molar-refractivity contribution in [3.8, 4) is 0 Å². The minimum absolute atomic E-state index is 0.0142. The maximum absolute atomic E-state index is 11.1. The number of anilines is 1. The van der Waals surface area contributed by atoms with Crippen molar-refractivity contribution in [2.45, 2.75) is 38.6 Å². The molecule has 1 aliphatic rings. The summed E-state index contributed by atoms with van der Waals surface area (Å²) in [6.07, 6.45) is 2.78. The van der Waals surface area contributed by atoms with Gasteiger partial charge < -0.3 is 14.9 Å². The number of nitrogens with zero attached hydrogens (tertiary/aromatic N) is 4. The molecule has 2 rings (SSSR count). The van der Waals surface area contributed by atoms with Crippen LogP contribution < -0.4 is 4.90 Å². The lowest BCUT2D eigenvalue weighted by Gasteiger charge is -2.37. The standard InChI is InChI=1S/C14H21ClN4O2/c1-3-5-10-8-12(17-13(15)16-10)19-7-4-6-11(9-19)18(2)14(20)21/h8,11H,3-7,9H2,1-2H3,(H,20,21)/t11-/m1/s1. The van der Waals surface area contributed by atoms with Gasteiger partial charge in [-0.2, -0.15) is 0 Å². The molecular formula is C14H21ClN4O2. The van der Waals surface area contributed by atoms with Crippen molar-refractivity contribution in [1.29, 1.82) is 0 Å². The smallest absolute Gasteiger partial charge is 0.407 e. The number of aryl methyl sites for hydroxylation is 1. The molecule has 0 saturated carbocycles. The number of aromatic nitrogens is 2. The van der Waals surface area contributed by atoms with E-state index in [-0.39, 0.29) is 11.3 Å². The number of hydrogen-bond acceptors (Lipinski definition) is 4. The van der Waals surface area contributed by atoms with Crippen molar-refractivity contribution in [3.63, 3.8) is 0 Å². The summed E-state index contributed by atoms with van der Waals surface area (Å²) in [4.78, 5) is 23.1. The fourth-order valence-electron chi connectivity index (χ4n) is 2.63. The molecule has 1 fully saturated rings. The molecule has 0 spiro atoms. The average Bonchev–Trinajstić information content (AvgIpc) is 2.46. The van der Waals surface area contributed by atoms with Gasteiger partial charge >= 0.3 is 6.09 Å². The van der Waals surface area contributed by atoms with Gasteiger partial charge in [-0.05, 0) is 30.9 Å². The second kappa shape index (κ2) is 6.93. The number of hydrogen-bond donors (Lipinski definition) is 1. The fourth-order valence-corrected chi connectivity index (χ4v) is 2.83. The van der Waals surface area contributed by atoms with Crippen molar-refractivity contribution in [1.82, 2.24) is 14.9 Å². The van der Waals surface area contributed by atoms with Gasteiger partial charge in [-0.25, -0.2) is 14.8 Å². The van der Waals surface area contributed by atoms with E-state index in [1.54, 1.807) is 7.05 Å². The number of rotatable bonds is 4. The van der Waals surface area contributed by atoms with E-state index in [0.29, 0.717) is 6.54 Å². The van der Waals surface area contributed by atoms with Crippen LogP contribution in [0.15, 0.2) is 6.07 Å². The Balaban J connectivity index is 2.15. The van der Waals surface area contributed by atoms with Crippen molar-refractivity contribution < 1.29 is 9.90 Å². The average molecular weight is 313 g/mol. The van der Waals surface area contributed by atoms with Gasteiger partial charge in [0.1, 0.15) is 5.82 Å². The van der Waals surface area contributed by atoms with Crippen molar-refractivity contribution >= 4 is 23.5 Å². The van der Waals surface area contributed by atoms with Crippen LogP contribution in [0, 0.1) is 0 Å². The zero-order valence-corrected chi connectivity index (χ0v) is 13.2. The van der Waals surface area contributed by atoms with Crippen LogP contribution >= 0.6 is 11.6 Å². The molecule has 0 unspecified atom stereocenters. The van der Waals surface area contributed by atoms with Crippen LogP contribution in [0.2, 0.25) is 5.28 Å². The lowest BCUT2D eigenvalue weighted by molar-refractivity contribution is 0.133. The minimum Gasteiger partial charge on any atom is -0.465 e. The van der Waals surface area contributed by atoms with Crippen molar-refractivity contribution in [2.75, 3.05) is 25.0 Å². The molecule has 1 saturated heterocycles. The number of piperidine rings is 1. The Hall–Kier alpha value is -1.56. The molecule has 116 valence electrons. The van der Waals surface area contributed by atoms with Crippen molar-refractivity contribution in [2.24, 2.45) is 0 Å². The van der Waals surface area contributed by atoms with Gasteiger partial charge in [0.05, 0.1) is 6.04 Å². The SMILES string of the molecule is CCCc1cc(N2CCC[C@@H](N(C)C(=O)O)C2)nc(Cl)n1. The van der Waals surface area contributed by atoms with Crippen LogP contribution in [-0.2, 0) is 6.42 Å². The summed E-state index contributed by atoms with van der Waals surface area (Å²) in [6, 6.07) is 1.94. The van der Waals surface area contributed by atoms with Crippen LogP contribution in [0.4, 0.5) is 10.6 Å². The van der Waals surface area contributed by atoms with Gasteiger partial charge in [0, 0.05) is 31.9 Å².